The van der Waals surface area contributed by atoms with Gasteiger partial charge in [-0.2, -0.15) is 4.98 Å². The number of hydrogen-bond donors (Lipinski definition) is 2. The van der Waals surface area contributed by atoms with Gasteiger partial charge in [-0.3, -0.25) is 4.40 Å². The Bertz CT molecular complexity index is 948. The van der Waals surface area contributed by atoms with Crippen molar-refractivity contribution in [2.45, 2.75) is 12.3 Å². The highest BCUT2D eigenvalue weighted by atomic mass is 16.3. The lowest BCUT2D eigenvalue weighted by Gasteiger charge is -2.16. The first-order valence-corrected chi connectivity index (χ1v) is 8.10. The van der Waals surface area contributed by atoms with Gasteiger partial charge in [-0.1, -0.05) is 30.3 Å². The fourth-order valence-corrected chi connectivity index (χ4v) is 2.93. The summed E-state index contributed by atoms with van der Waals surface area (Å²) in [6.45, 7) is 0.719. The van der Waals surface area contributed by atoms with Crippen molar-refractivity contribution in [3.8, 4) is 0 Å². The zero-order valence-electron chi connectivity index (χ0n) is 13.5. The Kier molecular flexibility index (Phi) is 4.04. The molecule has 7 nitrogen and oxygen atoms in total. The maximum Gasteiger partial charge on any atom is 0.209 e. The third-order valence-corrected chi connectivity index (χ3v) is 4.15. The van der Waals surface area contributed by atoms with Gasteiger partial charge in [-0.05, 0) is 24.1 Å². The number of aromatic nitrogens is 4. The number of furan rings is 1. The highest BCUT2D eigenvalue weighted by molar-refractivity contribution is 5.53. The molecule has 0 radical (unpaired) electrons. The number of nitrogens with two attached hydrogens (primary N) is 1. The van der Waals surface area contributed by atoms with Crippen molar-refractivity contribution in [3.63, 3.8) is 0 Å². The van der Waals surface area contributed by atoms with Gasteiger partial charge in [-0.15, -0.1) is 10.2 Å². The summed E-state index contributed by atoms with van der Waals surface area (Å²) in [4.78, 5) is 4.33. The quantitative estimate of drug-likeness (QED) is 0.563. The molecular formula is C18H18N6O. The predicted octanol–water partition coefficient (Wildman–Crippen LogP) is 2.93. The first-order chi connectivity index (χ1) is 12.3. The fourth-order valence-electron chi connectivity index (χ4n) is 2.93. The monoisotopic (exact) mass is 334 g/mol. The number of fused-ring (bicyclic) bond motifs is 1. The Balaban J connectivity index is 1.49. The van der Waals surface area contributed by atoms with E-state index in [0.29, 0.717) is 17.4 Å². The van der Waals surface area contributed by atoms with Crippen molar-refractivity contribution in [3.05, 3.63) is 72.4 Å². The second-order valence-corrected chi connectivity index (χ2v) is 5.75. The number of rotatable bonds is 6. The largest absolute Gasteiger partial charge is 0.469 e. The van der Waals surface area contributed by atoms with Crippen LogP contribution in [0.1, 0.15) is 23.7 Å². The van der Waals surface area contributed by atoms with Crippen molar-refractivity contribution in [1.29, 1.82) is 0 Å². The van der Waals surface area contributed by atoms with Crippen molar-refractivity contribution >= 4 is 17.4 Å². The number of anilines is 2. The molecule has 1 unspecified atom stereocenters. The van der Waals surface area contributed by atoms with E-state index in [1.807, 2.05) is 36.4 Å². The number of hydrogen-bond acceptors (Lipinski definition) is 6. The summed E-state index contributed by atoms with van der Waals surface area (Å²) < 4.78 is 7.27. The van der Waals surface area contributed by atoms with E-state index in [2.05, 4.69) is 32.6 Å². The molecule has 1 atom stereocenters. The lowest BCUT2D eigenvalue weighted by molar-refractivity contribution is 0.477. The lowest BCUT2D eigenvalue weighted by atomic mass is 9.93. The summed E-state index contributed by atoms with van der Waals surface area (Å²) in [5.41, 5.74) is 7.81. The minimum Gasteiger partial charge on any atom is -0.469 e. The summed E-state index contributed by atoms with van der Waals surface area (Å²) in [7, 11) is 0. The van der Waals surface area contributed by atoms with Gasteiger partial charge in [0.1, 0.15) is 17.9 Å². The van der Waals surface area contributed by atoms with Crippen LogP contribution >= 0.6 is 0 Å². The lowest BCUT2D eigenvalue weighted by Crippen LogP contribution is -2.11. The topological polar surface area (TPSA) is 94.3 Å². The molecule has 7 heteroatoms. The Hall–Kier alpha value is -3.35. The summed E-state index contributed by atoms with van der Waals surface area (Å²) in [5.74, 6) is 2.17. The summed E-state index contributed by atoms with van der Waals surface area (Å²) >= 11 is 0. The van der Waals surface area contributed by atoms with Crippen molar-refractivity contribution in [1.82, 2.24) is 19.6 Å². The molecule has 0 amide bonds. The van der Waals surface area contributed by atoms with E-state index >= 15 is 0 Å². The van der Waals surface area contributed by atoms with Crippen LogP contribution in [0.5, 0.6) is 0 Å². The fraction of sp³-hybridized carbons (Fsp3) is 0.167. The van der Waals surface area contributed by atoms with E-state index in [1.165, 1.54) is 5.56 Å². The highest BCUT2D eigenvalue weighted by Gasteiger charge is 2.16. The molecule has 1 aromatic carbocycles. The van der Waals surface area contributed by atoms with E-state index in [9.17, 15) is 0 Å². The minimum atomic E-state index is 0.179. The Morgan fingerprint density at radius 3 is 2.84 bits per heavy atom. The third-order valence-electron chi connectivity index (χ3n) is 4.15. The van der Waals surface area contributed by atoms with Crippen molar-refractivity contribution in [2.75, 3.05) is 17.6 Å². The molecule has 3 aromatic heterocycles. The van der Waals surface area contributed by atoms with Gasteiger partial charge >= 0.3 is 0 Å². The highest BCUT2D eigenvalue weighted by Crippen LogP contribution is 2.28. The van der Waals surface area contributed by atoms with E-state index in [0.717, 1.165) is 18.7 Å². The van der Waals surface area contributed by atoms with Gasteiger partial charge < -0.3 is 15.5 Å². The number of nitrogens with zero attached hydrogens (tertiary/aromatic N) is 4. The first kappa shape index (κ1) is 15.2. The van der Waals surface area contributed by atoms with Crippen LogP contribution in [-0.2, 0) is 0 Å². The predicted molar refractivity (Wildman–Crippen MR) is 95.3 cm³/mol. The minimum absolute atomic E-state index is 0.179. The molecule has 0 aliphatic heterocycles. The van der Waals surface area contributed by atoms with Gasteiger partial charge in [0.05, 0.1) is 6.26 Å². The molecule has 4 rings (SSSR count). The zero-order chi connectivity index (χ0) is 17.1. The molecule has 3 heterocycles. The summed E-state index contributed by atoms with van der Waals surface area (Å²) in [6.07, 6.45) is 4.11. The van der Waals surface area contributed by atoms with Crippen molar-refractivity contribution < 1.29 is 4.42 Å². The van der Waals surface area contributed by atoms with E-state index in [4.69, 9.17) is 10.2 Å². The number of nitrogens with one attached hydrogen (secondary N) is 1. The molecule has 25 heavy (non-hydrogen) atoms. The van der Waals surface area contributed by atoms with E-state index in [-0.39, 0.29) is 5.92 Å². The molecule has 4 aromatic rings. The standard InChI is InChI=1S/C18H18N6O/c19-18-22-16(11-17-23-21-12-24(17)18)20-9-8-14(15-7-4-10-25-15)13-5-2-1-3-6-13/h1-7,10-12,14,20H,8-9H2,(H2,19,22). The molecule has 0 saturated heterocycles. The Morgan fingerprint density at radius 1 is 1.16 bits per heavy atom. The van der Waals surface area contributed by atoms with Crippen LogP contribution in [0.25, 0.3) is 5.65 Å². The second-order valence-electron chi connectivity index (χ2n) is 5.75. The number of benzene rings is 1. The van der Waals surface area contributed by atoms with Crippen LogP contribution in [0.4, 0.5) is 11.8 Å². The van der Waals surface area contributed by atoms with E-state index in [1.54, 1.807) is 17.0 Å². The van der Waals surface area contributed by atoms with E-state index < -0.39 is 0 Å². The molecule has 126 valence electrons. The molecule has 0 spiro atoms. The Morgan fingerprint density at radius 2 is 2.04 bits per heavy atom. The first-order valence-electron chi connectivity index (χ1n) is 8.10. The van der Waals surface area contributed by atoms with Crippen LogP contribution in [0.3, 0.4) is 0 Å². The normalized spacial score (nSPS) is 12.3. The van der Waals surface area contributed by atoms with Gasteiger partial charge in [0.25, 0.3) is 0 Å². The van der Waals surface area contributed by atoms with Crippen LogP contribution in [0, 0.1) is 0 Å². The summed E-state index contributed by atoms with van der Waals surface area (Å²) in [5, 5.41) is 11.2. The van der Waals surface area contributed by atoms with Crippen LogP contribution in [0.2, 0.25) is 0 Å². The number of nitrogen functional groups attached to an aromatic ring is 1. The van der Waals surface area contributed by atoms with Crippen molar-refractivity contribution in [2.24, 2.45) is 0 Å². The SMILES string of the molecule is Nc1nc(NCCC(c2ccccc2)c2ccco2)cc2nncn12. The van der Waals surface area contributed by atoms with Crippen LogP contribution in [0.15, 0.2) is 65.5 Å². The average molecular weight is 334 g/mol. The van der Waals surface area contributed by atoms with Gasteiger partial charge in [-0.25, -0.2) is 0 Å². The van der Waals surface area contributed by atoms with Gasteiger partial charge in [0.15, 0.2) is 5.65 Å². The molecular weight excluding hydrogens is 316 g/mol. The second kappa shape index (κ2) is 6.64. The molecule has 0 fully saturated rings. The average Bonchev–Trinajstić information content (AvgIpc) is 3.31. The van der Waals surface area contributed by atoms with Crippen LogP contribution in [-0.4, -0.2) is 26.1 Å². The van der Waals surface area contributed by atoms with Crippen LogP contribution < -0.4 is 11.1 Å². The Labute approximate surface area is 144 Å². The molecule has 3 N–H and O–H groups in total. The molecule has 0 aliphatic carbocycles. The maximum absolute atomic E-state index is 5.92. The summed E-state index contributed by atoms with van der Waals surface area (Å²) in [6, 6.07) is 16.1. The molecule has 0 bridgehead atoms. The third kappa shape index (κ3) is 3.16. The zero-order valence-corrected chi connectivity index (χ0v) is 13.5. The van der Waals surface area contributed by atoms with Gasteiger partial charge in [0.2, 0.25) is 5.95 Å². The van der Waals surface area contributed by atoms with Gasteiger partial charge in [0, 0.05) is 18.5 Å². The maximum atomic E-state index is 5.92. The molecule has 0 saturated carbocycles. The smallest absolute Gasteiger partial charge is 0.209 e. The molecule has 0 aliphatic rings.